The van der Waals surface area contributed by atoms with E-state index in [0.717, 1.165) is 11.1 Å². The van der Waals surface area contributed by atoms with Gasteiger partial charge in [-0.05, 0) is 25.1 Å². The average Bonchev–Trinajstić information content (AvgIpc) is 3.07. The van der Waals surface area contributed by atoms with Crippen molar-refractivity contribution < 1.29 is 15.0 Å². The topological polar surface area (TPSA) is 111 Å². The first kappa shape index (κ1) is 16.3. The molecule has 0 saturated heterocycles. The van der Waals surface area contributed by atoms with E-state index in [1.165, 1.54) is 24.4 Å². The Hall–Kier alpha value is -3.61. The molecule has 0 fully saturated rings. The van der Waals surface area contributed by atoms with Crippen LogP contribution in [0.15, 0.2) is 53.6 Å². The Morgan fingerprint density at radius 3 is 2.64 bits per heavy atom. The van der Waals surface area contributed by atoms with E-state index in [9.17, 15) is 15.0 Å². The van der Waals surface area contributed by atoms with Gasteiger partial charge < -0.3 is 10.2 Å². The van der Waals surface area contributed by atoms with Gasteiger partial charge in [0.1, 0.15) is 17.2 Å². The lowest BCUT2D eigenvalue weighted by Crippen LogP contribution is -2.18. The van der Waals surface area contributed by atoms with Crippen LogP contribution in [0.1, 0.15) is 21.6 Å². The molecule has 3 rings (SSSR count). The summed E-state index contributed by atoms with van der Waals surface area (Å²) in [6.45, 7) is 2.00. The van der Waals surface area contributed by atoms with Gasteiger partial charge in [0.2, 0.25) is 0 Å². The molecule has 0 spiro atoms. The molecule has 7 nitrogen and oxygen atoms in total. The summed E-state index contributed by atoms with van der Waals surface area (Å²) in [5.74, 6) is -0.652. The second-order valence-corrected chi connectivity index (χ2v) is 5.48. The van der Waals surface area contributed by atoms with Gasteiger partial charge in [0.25, 0.3) is 5.91 Å². The van der Waals surface area contributed by atoms with Crippen molar-refractivity contribution in [3.8, 4) is 22.8 Å². The molecular weight excluding hydrogens is 320 g/mol. The molecule has 1 amide bonds. The molecule has 3 aromatic rings. The Morgan fingerprint density at radius 2 is 1.92 bits per heavy atom. The van der Waals surface area contributed by atoms with Gasteiger partial charge in [-0.25, -0.2) is 5.43 Å². The third-order valence-corrected chi connectivity index (χ3v) is 3.55. The van der Waals surface area contributed by atoms with Crippen LogP contribution >= 0.6 is 0 Å². The fourth-order valence-electron chi connectivity index (χ4n) is 2.17. The molecule has 1 heterocycles. The van der Waals surface area contributed by atoms with Crippen LogP contribution in [0.25, 0.3) is 11.3 Å². The number of aromatic amines is 1. The van der Waals surface area contributed by atoms with E-state index < -0.39 is 5.91 Å². The maximum Gasteiger partial charge on any atom is 0.289 e. The van der Waals surface area contributed by atoms with Crippen molar-refractivity contribution in [2.24, 2.45) is 5.10 Å². The molecule has 25 heavy (non-hydrogen) atoms. The minimum absolute atomic E-state index is 0.0558. The number of H-pyrrole nitrogens is 1. The Morgan fingerprint density at radius 1 is 1.16 bits per heavy atom. The predicted molar refractivity (Wildman–Crippen MR) is 93.6 cm³/mol. The van der Waals surface area contributed by atoms with Crippen LogP contribution in [-0.2, 0) is 0 Å². The summed E-state index contributed by atoms with van der Waals surface area (Å²) in [6.07, 6.45) is 1.28. The lowest BCUT2D eigenvalue weighted by Gasteiger charge is -1.99. The number of hydrogen-bond donors (Lipinski definition) is 4. The quantitative estimate of drug-likeness (QED) is 0.433. The zero-order valence-electron chi connectivity index (χ0n) is 13.4. The van der Waals surface area contributed by atoms with Crippen molar-refractivity contribution in [1.29, 1.82) is 0 Å². The summed E-state index contributed by atoms with van der Waals surface area (Å²) < 4.78 is 0. The van der Waals surface area contributed by atoms with Crippen molar-refractivity contribution in [2.75, 3.05) is 0 Å². The number of aromatic hydroxyl groups is 2. The molecule has 0 aliphatic heterocycles. The van der Waals surface area contributed by atoms with Crippen LogP contribution in [0.3, 0.4) is 0 Å². The minimum atomic E-state index is -0.458. The van der Waals surface area contributed by atoms with Crippen LogP contribution in [0.2, 0.25) is 0 Å². The number of aryl methyl sites for hydroxylation is 1. The first-order valence-corrected chi connectivity index (χ1v) is 7.51. The number of nitrogens with one attached hydrogen (secondary N) is 2. The Kier molecular flexibility index (Phi) is 4.47. The maximum absolute atomic E-state index is 12.1. The van der Waals surface area contributed by atoms with E-state index in [0.29, 0.717) is 11.3 Å². The molecule has 0 atom stereocenters. The zero-order chi connectivity index (χ0) is 17.8. The van der Waals surface area contributed by atoms with Gasteiger partial charge in [-0.3, -0.25) is 9.89 Å². The number of phenolic OH excluding ortho intramolecular Hbond substituents is 2. The highest BCUT2D eigenvalue weighted by Gasteiger charge is 2.10. The number of rotatable bonds is 4. The Labute approximate surface area is 143 Å². The average molecular weight is 336 g/mol. The summed E-state index contributed by atoms with van der Waals surface area (Å²) >= 11 is 0. The third kappa shape index (κ3) is 3.84. The molecule has 1 aromatic heterocycles. The molecule has 0 unspecified atom stereocenters. The van der Waals surface area contributed by atoms with Crippen molar-refractivity contribution in [3.63, 3.8) is 0 Å². The van der Waals surface area contributed by atoms with Crippen LogP contribution in [0, 0.1) is 6.92 Å². The highest BCUT2D eigenvalue weighted by molar-refractivity contribution is 5.94. The van der Waals surface area contributed by atoms with E-state index in [1.54, 1.807) is 6.07 Å². The number of hydrazone groups is 1. The number of phenols is 2. The Bertz CT molecular complexity index is 930. The van der Waals surface area contributed by atoms with Crippen molar-refractivity contribution in [1.82, 2.24) is 15.6 Å². The fourth-order valence-corrected chi connectivity index (χ4v) is 2.17. The highest BCUT2D eigenvalue weighted by Crippen LogP contribution is 2.21. The number of amides is 1. The molecular formula is C18H16N4O3. The van der Waals surface area contributed by atoms with E-state index in [1.807, 2.05) is 31.2 Å². The van der Waals surface area contributed by atoms with Crippen molar-refractivity contribution in [3.05, 3.63) is 65.4 Å². The molecule has 126 valence electrons. The summed E-state index contributed by atoms with van der Waals surface area (Å²) in [5.41, 5.74) is 5.68. The standard InChI is InChI=1S/C18H16N4O3/c1-11-2-4-12(5-3-11)15-9-16(21-20-15)18(25)22-19-10-13-6-7-14(23)8-17(13)24/h2-10,23-24H,1H3,(H,20,21)(H,22,25)/b19-10-. The van der Waals surface area contributed by atoms with Gasteiger partial charge in [-0.1, -0.05) is 29.8 Å². The third-order valence-electron chi connectivity index (χ3n) is 3.55. The van der Waals surface area contributed by atoms with E-state index in [-0.39, 0.29) is 17.2 Å². The minimum Gasteiger partial charge on any atom is -0.508 e. The van der Waals surface area contributed by atoms with Gasteiger partial charge in [0.15, 0.2) is 0 Å². The van der Waals surface area contributed by atoms with Gasteiger partial charge in [-0.2, -0.15) is 10.2 Å². The first-order chi connectivity index (χ1) is 12.0. The number of nitrogens with zero attached hydrogens (tertiary/aromatic N) is 2. The van der Waals surface area contributed by atoms with E-state index in [2.05, 4.69) is 20.7 Å². The summed E-state index contributed by atoms with van der Waals surface area (Å²) in [7, 11) is 0. The molecule has 4 N–H and O–H groups in total. The lowest BCUT2D eigenvalue weighted by atomic mass is 10.1. The first-order valence-electron chi connectivity index (χ1n) is 7.51. The smallest absolute Gasteiger partial charge is 0.289 e. The summed E-state index contributed by atoms with van der Waals surface area (Å²) in [5, 5.41) is 29.4. The van der Waals surface area contributed by atoms with E-state index in [4.69, 9.17) is 0 Å². The molecule has 0 saturated carbocycles. The number of carbonyl (C=O) groups is 1. The summed E-state index contributed by atoms with van der Waals surface area (Å²) in [6, 6.07) is 13.5. The number of benzene rings is 2. The number of hydrogen-bond acceptors (Lipinski definition) is 5. The van der Waals surface area contributed by atoms with Gasteiger partial charge in [0.05, 0.1) is 11.9 Å². The SMILES string of the molecule is Cc1ccc(-c2cc(C(=O)N/N=C\c3ccc(O)cc3O)[nH]n2)cc1. The molecule has 2 aromatic carbocycles. The van der Waals surface area contributed by atoms with Gasteiger partial charge in [0, 0.05) is 17.2 Å². The van der Waals surface area contributed by atoms with Crippen molar-refractivity contribution >= 4 is 12.1 Å². The number of aromatic nitrogens is 2. The second-order valence-electron chi connectivity index (χ2n) is 5.48. The van der Waals surface area contributed by atoms with Gasteiger partial charge in [-0.15, -0.1) is 0 Å². The molecule has 0 aliphatic rings. The van der Waals surface area contributed by atoms with Crippen LogP contribution in [0.5, 0.6) is 11.5 Å². The monoisotopic (exact) mass is 336 g/mol. The number of carbonyl (C=O) groups excluding carboxylic acids is 1. The van der Waals surface area contributed by atoms with E-state index >= 15 is 0 Å². The molecule has 0 bridgehead atoms. The second kappa shape index (κ2) is 6.88. The van der Waals surface area contributed by atoms with Crippen molar-refractivity contribution in [2.45, 2.75) is 6.92 Å². The molecule has 0 radical (unpaired) electrons. The summed E-state index contributed by atoms with van der Waals surface area (Å²) in [4.78, 5) is 12.1. The van der Waals surface area contributed by atoms with Crippen LogP contribution in [0.4, 0.5) is 0 Å². The predicted octanol–water partition coefficient (Wildman–Crippen LogP) is 2.56. The van der Waals surface area contributed by atoms with Crippen LogP contribution in [-0.4, -0.2) is 32.5 Å². The largest absolute Gasteiger partial charge is 0.508 e. The molecule has 7 heteroatoms. The normalized spacial score (nSPS) is 10.9. The lowest BCUT2D eigenvalue weighted by molar-refractivity contribution is 0.0950. The highest BCUT2D eigenvalue weighted by atomic mass is 16.3. The Balaban J connectivity index is 1.67. The molecule has 0 aliphatic carbocycles. The maximum atomic E-state index is 12.1. The van der Waals surface area contributed by atoms with Gasteiger partial charge >= 0.3 is 0 Å². The van der Waals surface area contributed by atoms with Crippen LogP contribution < -0.4 is 5.43 Å². The zero-order valence-corrected chi connectivity index (χ0v) is 13.4. The fraction of sp³-hybridized carbons (Fsp3) is 0.0556.